The molecule has 1 unspecified atom stereocenters. The van der Waals surface area contributed by atoms with Crippen molar-refractivity contribution in [2.45, 2.75) is 32.2 Å². The van der Waals surface area contributed by atoms with E-state index in [0.29, 0.717) is 31.1 Å². The molecule has 1 atom stereocenters. The summed E-state index contributed by atoms with van der Waals surface area (Å²) in [5, 5.41) is 2.86. The number of amides is 1. The Morgan fingerprint density at radius 3 is 3.00 bits per heavy atom. The van der Waals surface area contributed by atoms with Crippen LogP contribution in [0.1, 0.15) is 25.3 Å². The van der Waals surface area contributed by atoms with Crippen molar-refractivity contribution in [2.24, 2.45) is 5.73 Å². The molecule has 1 fully saturated rings. The van der Waals surface area contributed by atoms with Crippen molar-refractivity contribution < 1.29 is 14.3 Å². The standard InChI is InChI=1S/C15H22N2O3/c1-3-7-20-13-9-11(2)4-5-12(13)17-14(18)15(16)6-8-19-10-15/h4-5,9H,3,6-8,10,16H2,1-2H3,(H,17,18). The zero-order valence-electron chi connectivity index (χ0n) is 12.1. The van der Waals surface area contributed by atoms with Crippen molar-refractivity contribution in [1.29, 1.82) is 0 Å². The molecule has 1 aromatic carbocycles. The number of carbonyl (C=O) groups is 1. The zero-order valence-corrected chi connectivity index (χ0v) is 12.1. The lowest BCUT2D eigenvalue weighted by Gasteiger charge is -2.22. The van der Waals surface area contributed by atoms with Gasteiger partial charge in [-0.3, -0.25) is 4.79 Å². The molecule has 1 aliphatic rings. The highest BCUT2D eigenvalue weighted by atomic mass is 16.5. The Hall–Kier alpha value is -1.59. The molecule has 1 aromatic rings. The van der Waals surface area contributed by atoms with E-state index in [9.17, 15) is 4.79 Å². The van der Waals surface area contributed by atoms with Crippen LogP contribution in [-0.2, 0) is 9.53 Å². The van der Waals surface area contributed by atoms with Gasteiger partial charge in [-0.25, -0.2) is 0 Å². The van der Waals surface area contributed by atoms with Crippen molar-refractivity contribution in [3.63, 3.8) is 0 Å². The molecule has 0 aliphatic carbocycles. The van der Waals surface area contributed by atoms with E-state index in [1.54, 1.807) is 0 Å². The van der Waals surface area contributed by atoms with Gasteiger partial charge >= 0.3 is 0 Å². The van der Waals surface area contributed by atoms with E-state index in [4.69, 9.17) is 15.2 Å². The summed E-state index contributed by atoms with van der Waals surface area (Å²) < 4.78 is 10.9. The molecule has 0 radical (unpaired) electrons. The Bertz CT molecular complexity index is 482. The first-order valence-corrected chi connectivity index (χ1v) is 6.97. The summed E-state index contributed by atoms with van der Waals surface area (Å²) in [6.45, 7) is 5.43. The lowest BCUT2D eigenvalue weighted by molar-refractivity contribution is -0.121. The average molecular weight is 278 g/mol. The minimum Gasteiger partial charge on any atom is -0.491 e. The van der Waals surface area contributed by atoms with Crippen LogP contribution in [0.2, 0.25) is 0 Å². The van der Waals surface area contributed by atoms with Crippen molar-refractivity contribution >= 4 is 11.6 Å². The van der Waals surface area contributed by atoms with Gasteiger partial charge in [0.25, 0.3) is 0 Å². The van der Waals surface area contributed by atoms with E-state index >= 15 is 0 Å². The second-order valence-electron chi connectivity index (χ2n) is 5.26. The molecular weight excluding hydrogens is 256 g/mol. The van der Waals surface area contributed by atoms with Gasteiger partial charge in [0.2, 0.25) is 5.91 Å². The molecule has 1 saturated heterocycles. The topological polar surface area (TPSA) is 73.6 Å². The van der Waals surface area contributed by atoms with Crippen LogP contribution in [0.5, 0.6) is 5.75 Å². The lowest BCUT2D eigenvalue weighted by atomic mass is 9.99. The van der Waals surface area contributed by atoms with Crippen LogP contribution in [0.4, 0.5) is 5.69 Å². The van der Waals surface area contributed by atoms with E-state index in [1.807, 2.05) is 32.0 Å². The largest absolute Gasteiger partial charge is 0.491 e. The fraction of sp³-hybridized carbons (Fsp3) is 0.533. The van der Waals surface area contributed by atoms with Gasteiger partial charge < -0.3 is 20.5 Å². The Morgan fingerprint density at radius 2 is 2.35 bits per heavy atom. The van der Waals surface area contributed by atoms with Crippen LogP contribution in [0, 0.1) is 6.92 Å². The number of hydrogen-bond donors (Lipinski definition) is 2. The third-order valence-electron chi connectivity index (χ3n) is 3.35. The molecule has 1 heterocycles. The minimum atomic E-state index is -0.938. The molecule has 3 N–H and O–H groups in total. The summed E-state index contributed by atoms with van der Waals surface area (Å²) in [5.74, 6) is 0.461. The number of ether oxygens (including phenoxy) is 2. The van der Waals surface area contributed by atoms with Crippen molar-refractivity contribution in [2.75, 3.05) is 25.1 Å². The Labute approximate surface area is 119 Å². The Morgan fingerprint density at radius 1 is 1.55 bits per heavy atom. The monoisotopic (exact) mass is 278 g/mol. The highest BCUT2D eigenvalue weighted by Crippen LogP contribution is 2.27. The number of hydrogen-bond acceptors (Lipinski definition) is 4. The molecule has 2 rings (SSSR count). The van der Waals surface area contributed by atoms with Crippen LogP contribution in [-0.4, -0.2) is 31.3 Å². The highest BCUT2D eigenvalue weighted by molar-refractivity contribution is 5.99. The summed E-state index contributed by atoms with van der Waals surface area (Å²) in [5.41, 5.74) is 6.86. The first-order chi connectivity index (χ1) is 9.55. The summed E-state index contributed by atoms with van der Waals surface area (Å²) in [4.78, 5) is 12.3. The molecule has 1 aliphatic heterocycles. The summed E-state index contributed by atoms with van der Waals surface area (Å²) in [7, 11) is 0. The first kappa shape index (κ1) is 14.8. The maximum atomic E-state index is 12.3. The predicted octanol–water partition coefficient (Wildman–Crippen LogP) is 1.84. The number of rotatable bonds is 5. The first-order valence-electron chi connectivity index (χ1n) is 6.97. The van der Waals surface area contributed by atoms with Crippen LogP contribution in [0.15, 0.2) is 18.2 Å². The molecule has 1 amide bonds. The number of nitrogens with two attached hydrogens (primary N) is 1. The second-order valence-corrected chi connectivity index (χ2v) is 5.26. The summed E-state index contributed by atoms with van der Waals surface area (Å²) in [6.07, 6.45) is 1.45. The maximum absolute atomic E-state index is 12.3. The van der Waals surface area contributed by atoms with Crippen molar-refractivity contribution in [3.8, 4) is 5.75 Å². The molecule has 5 heteroatoms. The van der Waals surface area contributed by atoms with Gasteiger partial charge in [0.1, 0.15) is 11.3 Å². The molecular formula is C15H22N2O3. The number of aryl methyl sites for hydroxylation is 1. The molecule has 0 bridgehead atoms. The highest BCUT2D eigenvalue weighted by Gasteiger charge is 2.38. The average Bonchev–Trinajstić information content (AvgIpc) is 2.87. The smallest absolute Gasteiger partial charge is 0.247 e. The lowest BCUT2D eigenvalue weighted by Crippen LogP contribution is -2.51. The van der Waals surface area contributed by atoms with E-state index in [2.05, 4.69) is 5.32 Å². The predicted molar refractivity (Wildman–Crippen MR) is 77.9 cm³/mol. The SMILES string of the molecule is CCCOc1cc(C)ccc1NC(=O)C1(N)CCOC1. The summed E-state index contributed by atoms with van der Waals surface area (Å²) >= 11 is 0. The number of nitrogens with one attached hydrogen (secondary N) is 1. The molecule has 5 nitrogen and oxygen atoms in total. The van der Waals surface area contributed by atoms with Crippen LogP contribution >= 0.6 is 0 Å². The van der Waals surface area contributed by atoms with Crippen molar-refractivity contribution in [1.82, 2.24) is 0 Å². The third-order valence-corrected chi connectivity index (χ3v) is 3.35. The Kier molecular flexibility index (Phi) is 4.62. The van der Waals surface area contributed by atoms with Crippen LogP contribution in [0.3, 0.4) is 0 Å². The molecule has 0 saturated carbocycles. The maximum Gasteiger partial charge on any atom is 0.247 e. The van der Waals surface area contributed by atoms with Crippen molar-refractivity contribution in [3.05, 3.63) is 23.8 Å². The van der Waals surface area contributed by atoms with Gasteiger partial charge in [-0.15, -0.1) is 0 Å². The number of anilines is 1. The van der Waals surface area contributed by atoms with Gasteiger partial charge in [-0.05, 0) is 37.5 Å². The van der Waals surface area contributed by atoms with Crippen LogP contribution in [0.25, 0.3) is 0 Å². The third kappa shape index (κ3) is 3.29. The second kappa shape index (κ2) is 6.24. The van der Waals surface area contributed by atoms with E-state index in [0.717, 1.165) is 12.0 Å². The Balaban J connectivity index is 2.13. The molecule has 110 valence electrons. The van der Waals surface area contributed by atoms with Gasteiger partial charge in [0.15, 0.2) is 0 Å². The number of carbonyl (C=O) groups excluding carboxylic acids is 1. The van der Waals surface area contributed by atoms with E-state index < -0.39 is 5.54 Å². The molecule has 0 aromatic heterocycles. The fourth-order valence-corrected chi connectivity index (χ4v) is 2.07. The fourth-order valence-electron chi connectivity index (χ4n) is 2.07. The van der Waals surface area contributed by atoms with E-state index in [1.165, 1.54) is 0 Å². The van der Waals surface area contributed by atoms with Gasteiger partial charge in [-0.2, -0.15) is 0 Å². The number of benzene rings is 1. The quantitative estimate of drug-likeness (QED) is 0.862. The molecule has 0 spiro atoms. The minimum absolute atomic E-state index is 0.222. The van der Waals surface area contributed by atoms with Gasteiger partial charge in [0, 0.05) is 6.61 Å². The van der Waals surface area contributed by atoms with Gasteiger partial charge in [0.05, 0.1) is 18.9 Å². The molecule has 20 heavy (non-hydrogen) atoms. The van der Waals surface area contributed by atoms with Gasteiger partial charge in [-0.1, -0.05) is 13.0 Å². The zero-order chi connectivity index (χ0) is 14.6. The van der Waals surface area contributed by atoms with E-state index in [-0.39, 0.29) is 12.5 Å². The summed E-state index contributed by atoms with van der Waals surface area (Å²) in [6, 6.07) is 5.69. The van der Waals surface area contributed by atoms with Crippen LogP contribution < -0.4 is 15.8 Å². The normalized spacial score (nSPS) is 21.8.